The van der Waals surface area contributed by atoms with Crippen LogP contribution in [-0.4, -0.2) is 19.5 Å². The maximum Gasteiger partial charge on any atom is 0.223 e. The first-order chi connectivity index (χ1) is 10.3. The minimum atomic E-state index is -0.506. The molecule has 0 atom stereocenters. The normalized spacial score (nSPS) is 12.1. The van der Waals surface area contributed by atoms with Crippen LogP contribution < -0.4 is 0 Å². The van der Waals surface area contributed by atoms with Gasteiger partial charge in [-0.3, -0.25) is 4.98 Å². The molecule has 114 valence electrons. The van der Waals surface area contributed by atoms with E-state index in [1.807, 2.05) is 23.7 Å². The fraction of sp³-hybridized carbons (Fsp3) is 0.312. The predicted octanol–water partition coefficient (Wildman–Crippen LogP) is 4.12. The summed E-state index contributed by atoms with van der Waals surface area (Å²) in [7, 11) is 1.95. The Bertz CT molecular complexity index is 864. The number of rotatable bonds is 1. The van der Waals surface area contributed by atoms with Gasteiger partial charge in [-0.1, -0.05) is 20.8 Å². The van der Waals surface area contributed by atoms with Gasteiger partial charge in [0.25, 0.3) is 0 Å². The lowest BCUT2D eigenvalue weighted by Crippen LogP contribution is -2.17. The van der Waals surface area contributed by atoms with Gasteiger partial charge in [-0.2, -0.15) is 0 Å². The summed E-state index contributed by atoms with van der Waals surface area (Å²) in [6.07, 6.45) is 2.79. The standard InChI is InChI=1S/C16H16ClFN4/c1-16(2,3)14-11(12-9(18)8-20-15(17)21-12)13-10(22(14)4)6-5-7-19-13/h5-8H,1-4H3. The van der Waals surface area contributed by atoms with Gasteiger partial charge in [0.15, 0.2) is 5.82 Å². The molecule has 0 aromatic carbocycles. The summed E-state index contributed by atoms with van der Waals surface area (Å²) in [5, 5.41) is 0.0178. The molecule has 0 bridgehead atoms. The van der Waals surface area contributed by atoms with Crippen molar-refractivity contribution in [3.63, 3.8) is 0 Å². The third-order valence-electron chi connectivity index (χ3n) is 3.62. The van der Waals surface area contributed by atoms with Crippen LogP contribution in [0, 0.1) is 5.82 Å². The number of aromatic nitrogens is 4. The number of hydrogen-bond acceptors (Lipinski definition) is 3. The molecule has 0 saturated carbocycles. The lowest BCUT2D eigenvalue weighted by atomic mass is 9.88. The zero-order chi connectivity index (χ0) is 16.1. The Balaban J connectivity index is 2.49. The van der Waals surface area contributed by atoms with Crippen molar-refractivity contribution in [1.29, 1.82) is 0 Å². The summed E-state index contributed by atoms with van der Waals surface area (Å²) in [4.78, 5) is 12.2. The van der Waals surface area contributed by atoms with Gasteiger partial charge >= 0.3 is 0 Å². The Morgan fingerprint density at radius 3 is 2.64 bits per heavy atom. The molecule has 6 heteroatoms. The van der Waals surface area contributed by atoms with Crippen LogP contribution in [0.5, 0.6) is 0 Å². The van der Waals surface area contributed by atoms with Crippen LogP contribution in [0.3, 0.4) is 0 Å². The van der Waals surface area contributed by atoms with Crippen LogP contribution in [0.15, 0.2) is 24.5 Å². The van der Waals surface area contributed by atoms with E-state index in [1.54, 1.807) is 6.20 Å². The van der Waals surface area contributed by atoms with Crippen molar-refractivity contribution in [2.75, 3.05) is 0 Å². The molecule has 0 aliphatic carbocycles. The first-order valence-electron chi connectivity index (χ1n) is 6.93. The van der Waals surface area contributed by atoms with E-state index in [4.69, 9.17) is 11.6 Å². The zero-order valence-corrected chi connectivity index (χ0v) is 13.6. The summed E-state index contributed by atoms with van der Waals surface area (Å²) >= 11 is 5.88. The largest absolute Gasteiger partial charge is 0.345 e. The maximum atomic E-state index is 14.3. The molecule has 22 heavy (non-hydrogen) atoms. The van der Waals surface area contributed by atoms with Crippen molar-refractivity contribution >= 4 is 22.6 Å². The molecule has 0 N–H and O–H groups in total. The highest BCUT2D eigenvalue weighted by atomic mass is 35.5. The highest BCUT2D eigenvalue weighted by Crippen LogP contribution is 2.39. The van der Waals surface area contributed by atoms with E-state index < -0.39 is 5.82 Å². The molecule has 0 unspecified atom stereocenters. The molecule has 3 heterocycles. The molecule has 0 amide bonds. The number of halogens is 2. The van der Waals surface area contributed by atoms with E-state index in [-0.39, 0.29) is 16.4 Å². The average Bonchev–Trinajstić information content (AvgIpc) is 2.75. The van der Waals surface area contributed by atoms with Gasteiger partial charge in [0, 0.05) is 24.4 Å². The van der Waals surface area contributed by atoms with Crippen molar-refractivity contribution < 1.29 is 4.39 Å². The Morgan fingerprint density at radius 1 is 1.23 bits per heavy atom. The van der Waals surface area contributed by atoms with Crippen molar-refractivity contribution in [3.05, 3.63) is 41.3 Å². The van der Waals surface area contributed by atoms with E-state index in [9.17, 15) is 4.39 Å². The Morgan fingerprint density at radius 2 is 1.95 bits per heavy atom. The molecular weight excluding hydrogens is 303 g/mol. The van der Waals surface area contributed by atoms with Gasteiger partial charge in [-0.05, 0) is 23.7 Å². The smallest absolute Gasteiger partial charge is 0.223 e. The lowest BCUT2D eigenvalue weighted by molar-refractivity contribution is 0.547. The number of hydrogen-bond donors (Lipinski definition) is 0. The monoisotopic (exact) mass is 318 g/mol. The van der Waals surface area contributed by atoms with E-state index in [1.165, 1.54) is 0 Å². The first kappa shape index (κ1) is 14.9. The summed E-state index contributed by atoms with van der Waals surface area (Å²) < 4.78 is 16.4. The molecule has 0 saturated heterocycles. The van der Waals surface area contributed by atoms with Gasteiger partial charge in [-0.15, -0.1) is 0 Å². The second-order valence-corrected chi connectivity index (χ2v) is 6.58. The first-order valence-corrected chi connectivity index (χ1v) is 7.31. The summed E-state index contributed by atoms with van der Waals surface area (Å²) in [5.74, 6) is -0.506. The number of nitrogens with zero attached hydrogens (tertiary/aromatic N) is 4. The number of aryl methyl sites for hydroxylation is 1. The fourth-order valence-corrected chi connectivity index (χ4v) is 3.02. The van der Waals surface area contributed by atoms with Crippen molar-refractivity contribution in [3.8, 4) is 11.3 Å². The topological polar surface area (TPSA) is 43.6 Å². The van der Waals surface area contributed by atoms with E-state index in [0.717, 1.165) is 17.4 Å². The van der Waals surface area contributed by atoms with Gasteiger partial charge in [0.05, 0.1) is 22.8 Å². The summed E-state index contributed by atoms with van der Waals surface area (Å²) in [5.41, 5.74) is 3.24. The number of fused-ring (bicyclic) bond motifs is 1. The molecule has 0 spiro atoms. The van der Waals surface area contributed by atoms with Crippen LogP contribution >= 0.6 is 11.6 Å². The minimum Gasteiger partial charge on any atom is -0.345 e. The van der Waals surface area contributed by atoms with Crippen molar-refractivity contribution in [2.45, 2.75) is 26.2 Å². The zero-order valence-electron chi connectivity index (χ0n) is 12.9. The summed E-state index contributed by atoms with van der Waals surface area (Å²) in [6, 6.07) is 3.82. The highest BCUT2D eigenvalue weighted by molar-refractivity contribution is 6.28. The van der Waals surface area contributed by atoms with Crippen molar-refractivity contribution in [2.24, 2.45) is 7.05 Å². The van der Waals surface area contributed by atoms with E-state index >= 15 is 0 Å². The third kappa shape index (κ3) is 2.25. The molecule has 3 rings (SSSR count). The van der Waals surface area contributed by atoms with E-state index in [2.05, 4.69) is 35.7 Å². The lowest BCUT2D eigenvalue weighted by Gasteiger charge is -2.22. The Kier molecular flexibility index (Phi) is 3.40. The van der Waals surface area contributed by atoms with Gasteiger partial charge in [0.1, 0.15) is 5.69 Å². The quantitative estimate of drug-likeness (QED) is 0.634. The van der Waals surface area contributed by atoms with Crippen LogP contribution in [0.1, 0.15) is 26.5 Å². The molecule has 0 aliphatic heterocycles. The SMILES string of the molecule is Cn1c(C(C)(C)C)c(-c2nc(Cl)ncc2F)c2ncccc21. The molecule has 3 aromatic heterocycles. The van der Waals surface area contributed by atoms with Gasteiger partial charge in [-0.25, -0.2) is 14.4 Å². The van der Waals surface area contributed by atoms with Crippen LogP contribution in [0.25, 0.3) is 22.3 Å². The average molecular weight is 319 g/mol. The second kappa shape index (κ2) is 5.02. The Hall–Kier alpha value is -2.01. The minimum absolute atomic E-state index is 0.0178. The third-order valence-corrected chi connectivity index (χ3v) is 3.80. The highest BCUT2D eigenvalue weighted by Gasteiger charge is 2.29. The van der Waals surface area contributed by atoms with Crippen molar-refractivity contribution in [1.82, 2.24) is 19.5 Å². The van der Waals surface area contributed by atoms with Gasteiger partial charge in [0.2, 0.25) is 5.28 Å². The molecule has 0 radical (unpaired) electrons. The molecule has 0 aliphatic rings. The summed E-state index contributed by atoms with van der Waals surface area (Å²) in [6.45, 7) is 6.22. The predicted molar refractivity (Wildman–Crippen MR) is 85.4 cm³/mol. The second-order valence-electron chi connectivity index (χ2n) is 6.24. The molecule has 4 nitrogen and oxygen atoms in total. The molecule has 3 aromatic rings. The van der Waals surface area contributed by atoms with Crippen LogP contribution in [0.2, 0.25) is 5.28 Å². The number of pyridine rings is 1. The van der Waals surface area contributed by atoms with Crippen LogP contribution in [0.4, 0.5) is 4.39 Å². The van der Waals surface area contributed by atoms with E-state index in [0.29, 0.717) is 11.1 Å². The molecular formula is C16H16ClFN4. The Labute approximate surface area is 133 Å². The van der Waals surface area contributed by atoms with Gasteiger partial charge < -0.3 is 4.57 Å². The maximum absolute atomic E-state index is 14.3. The van der Waals surface area contributed by atoms with Crippen LogP contribution in [-0.2, 0) is 12.5 Å². The fourth-order valence-electron chi connectivity index (χ4n) is 2.88. The molecule has 0 fully saturated rings.